The van der Waals surface area contributed by atoms with E-state index in [1.165, 1.54) is 11.8 Å². The summed E-state index contributed by atoms with van der Waals surface area (Å²) >= 11 is 1.46. The lowest BCUT2D eigenvalue weighted by Crippen LogP contribution is -2.36. The summed E-state index contributed by atoms with van der Waals surface area (Å²) in [6.45, 7) is -1.45. The van der Waals surface area contributed by atoms with E-state index in [4.69, 9.17) is 0 Å². The molecule has 88 valence electrons. The Kier molecular flexibility index (Phi) is 4.72. The topological polar surface area (TPSA) is 38.3 Å². The fourth-order valence-electron chi connectivity index (χ4n) is 1.20. The molecule has 0 aliphatic carbocycles. The van der Waals surface area contributed by atoms with Crippen LogP contribution in [0.1, 0.15) is 19.3 Å². The summed E-state index contributed by atoms with van der Waals surface area (Å²) in [7, 11) is 0. The van der Waals surface area contributed by atoms with E-state index in [0.29, 0.717) is 6.42 Å². The minimum Gasteiger partial charge on any atom is -0.272 e. The van der Waals surface area contributed by atoms with E-state index in [1.807, 2.05) is 5.48 Å². The molecule has 1 rings (SSSR count). The van der Waals surface area contributed by atoms with Crippen LogP contribution in [0.15, 0.2) is 0 Å². The highest BCUT2D eigenvalue weighted by atomic mass is 32.2. The van der Waals surface area contributed by atoms with E-state index < -0.39 is 18.7 Å². The van der Waals surface area contributed by atoms with Gasteiger partial charge in [-0.1, -0.05) is 6.42 Å². The van der Waals surface area contributed by atoms with Crippen LogP contribution in [0.2, 0.25) is 0 Å². The molecule has 1 aliphatic heterocycles. The van der Waals surface area contributed by atoms with Crippen molar-refractivity contribution in [2.45, 2.75) is 30.7 Å². The largest absolute Gasteiger partial charge is 0.414 e. The SMILES string of the molecule is O=C(NOCC(F)(F)F)C1CCCCS1. The molecule has 0 saturated carbocycles. The van der Waals surface area contributed by atoms with E-state index in [2.05, 4.69) is 4.84 Å². The lowest BCUT2D eigenvalue weighted by Gasteiger charge is -2.20. The molecular weight excluding hydrogens is 231 g/mol. The maximum Gasteiger partial charge on any atom is 0.414 e. The lowest BCUT2D eigenvalue weighted by molar-refractivity contribution is -0.191. The Morgan fingerprint density at radius 2 is 2.20 bits per heavy atom. The minimum atomic E-state index is -4.41. The Morgan fingerprint density at radius 3 is 2.73 bits per heavy atom. The average molecular weight is 243 g/mol. The first kappa shape index (κ1) is 12.6. The molecule has 1 saturated heterocycles. The normalized spacial score (nSPS) is 22.5. The van der Waals surface area contributed by atoms with Gasteiger partial charge in [0.1, 0.15) is 0 Å². The first-order valence-corrected chi connectivity index (χ1v) is 5.64. The van der Waals surface area contributed by atoms with Crippen molar-refractivity contribution in [1.82, 2.24) is 5.48 Å². The standard InChI is InChI=1S/C8H12F3NO2S/c9-8(10,11)5-14-12-7(13)6-3-1-2-4-15-6/h6H,1-5H2,(H,12,13). The van der Waals surface area contributed by atoms with E-state index in [0.717, 1.165) is 18.6 Å². The molecule has 1 fully saturated rings. The molecule has 0 bridgehead atoms. The van der Waals surface area contributed by atoms with Crippen molar-refractivity contribution in [3.05, 3.63) is 0 Å². The first-order chi connectivity index (χ1) is 6.99. The van der Waals surface area contributed by atoms with Crippen molar-refractivity contribution >= 4 is 17.7 Å². The number of carbonyl (C=O) groups is 1. The predicted octanol–water partition coefficient (Wildman–Crippen LogP) is 1.88. The summed E-state index contributed by atoms with van der Waals surface area (Å²) in [6, 6.07) is 0. The van der Waals surface area contributed by atoms with E-state index >= 15 is 0 Å². The first-order valence-electron chi connectivity index (χ1n) is 4.59. The second-order valence-electron chi connectivity index (χ2n) is 3.23. The molecule has 0 aromatic heterocycles. The molecule has 1 N–H and O–H groups in total. The summed E-state index contributed by atoms with van der Waals surface area (Å²) in [4.78, 5) is 15.3. The van der Waals surface area contributed by atoms with Gasteiger partial charge in [0.2, 0.25) is 0 Å². The third-order valence-electron chi connectivity index (χ3n) is 1.88. The molecular formula is C8H12F3NO2S. The van der Waals surface area contributed by atoms with Gasteiger partial charge in [-0.25, -0.2) is 5.48 Å². The van der Waals surface area contributed by atoms with Crippen LogP contribution < -0.4 is 5.48 Å². The fraction of sp³-hybridized carbons (Fsp3) is 0.875. The number of thioether (sulfide) groups is 1. The van der Waals surface area contributed by atoms with Crippen molar-refractivity contribution in [2.75, 3.05) is 12.4 Å². The number of amides is 1. The van der Waals surface area contributed by atoms with Gasteiger partial charge < -0.3 is 0 Å². The van der Waals surface area contributed by atoms with Crippen molar-refractivity contribution in [2.24, 2.45) is 0 Å². The van der Waals surface area contributed by atoms with Crippen LogP contribution in [0.4, 0.5) is 13.2 Å². The summed E-state index contributed by atoms with van der Waals surface area (Å²) in [5, 5.41) is -0.271. The smallest absolute Gasteiger partial charge is 0.272 e. The van der Waals surface area contributed by atoms with Gasteiger partial charge in [0.25, 0.3) is 5.91 Å². The van der Waals surface area contributed by atoms with Gasteiger partial charge in [-0.2, -0.15) is 13.2 Å². The zero-order valence-electron chi connectivity index (χ0n) is 7.97. The maximum absolute atomic E-state index is 11.7. The average Bonchev–Trinajstić information content (AvgIpc) is 2.17. The molecule has 0 radical (unpaired) electrons. The second kappa shape index (κ2) is 5.60. The van der Waals surface area contributed by atoms with Crippen molar-refractivity contribution in [3.8, 4) is 0 Å². The molecule has 1 amide bonds. The molecule has 1 atom stereocenters. The van der Waals surface area contributed by atoms with Crippen molar-refractivity contribution in [1.29, 1.82) is 0 Å². The highest BCUT2D eigenvalue weighted by Gasteiger charge is 2.29. The molecule has 0 aromatic rings. The number of hydrogen-bond donors (Lipinski definition) is 1. The Hall–Kier alpha value is -0.430. The van der Waals surface area contributed by atoms with Crippen LogP contribution in [0.5, 0.6) is 0 Å². The number of hydroxylamine groups is 1. The van der Waals surface area contributed by atoms with Gasteiger partial charge in [-0.05, 0) is 18.6 Å². The Bertz CT molecular complexity index is 216. The zero-order chi connectivity index (χ0) is 11.3. The van der Waals surface area contributed by atoms with E-state index in [9.17, 15) is 18.0 Å². The van der Waals surface area contributed by atoms with Gasteiger partial charge in [0, 0.05) is 0 Å². The van der Waals surface area contributed by atoms with Crippen LogP contribution >= 0.6 is 11.8 Å². The van der Waals surface area contributed by atoms with Gasteiger partial charge in [0.15, 0.2) is 6.61 Å². The molecule has 0 aromatic carbocycles. The molecule has 7 heteroatoms. The van der Waals surface area contributed by atoms with Crippen LogP contribution in [-0.4, -0.2) is 29.7 Å². The number of carbonyl (C=O) groups excluding carboxylic acids is 1. The van der Waals surface area contributed by atoms with Crippen LogP contribution in [0, 0.1) is 0 Å². The molecule has 1 aliphatic rings. The van der Waals surface area contributed by atoms with Gasteiger partial charge in [0.05, 0.1) is 5.25 Å². The molecule has 15 heavy (non-hydrogen) atoms. The zero-order valence-corrected chi connectivity index (χ0v) is 8.79. The van der Waals surface area contributed by atoms with Crippen LogP contribution in [0.3, 0.4) is 0 Å². The molecule has 1 heterocycles. The number of rotatable bonds is 3. The molecule has 1 unspecified atom stereocenters. The number of alkyl halides is 3. The predicted molar refractivity (Wildman–Crippen MR) is 50.2 cm³/mol. The quantitative estimate of drug-likeness (QED) is 0.769. The second-order valence-corrected chi connectivity index (χ2v) is 4.54. The number of hydrogen-bond acceptors (Lipinski definition) is 3. The summed E-state index contributed by atoms with van der Waals surface area (Å²) in [6.07, 6.45) is -1.72. The van der Waals surface area contributed by atoms with Crippen LogP contribution in [0.25, 0.3) is 0 Å². The Labute approximate surface area is 89.7 Å². The fourth-order valence-corrected chi connectivity index (χ4v) is 2.39. The van der Waals surface area contributed by atoms with Gasteiger partial charge in [-0.3, -0.25) is 9.63 Å². The Morgan fingerprint density at radius 1 is 1.47 bits per heavy atom. The van der Waals surface area contributed by atoms with E-state index in [-0.39, 0.29) is 5.25 Å². The Balaban J connectivity index is 2.17. The highest BCUT2D eigenvalue weighted by molar-refractivity contribution is 8.00. The van der Waals surface area contributed by atoms with Crippen LogP contribution in [-0.2, 0) is 9.63 Å². The van der Waals surface area contributed by atoms with E-state index in [1.54, 1.807) is 0 Å². The van der Waals surface area contributed by atoms with Gasteiger partial charge in [-0.15, -0.1) is 11.8 Å². The lowest BCUT2D eigenvalue weighted by atomic mass is 10.2. The number of halogens is 3. The highest BCUT2D eigenvalue weighted by Crippen LogP contribution is 2.25. The van der Waals surface area contributed by atoms with Crippen molar-refractivity contribution in [3.63, 3.8) is 0 Å². The third kappa shape index (κ3) is 5.27. The summed E-state index contributed by atoms with van der Waals surface area (Å²) in [5.41, 5.74) is 1.83. The summed E-state index contributed by atoms with van der Waals surface area (Å²) < 4.78 is 35.0. The third-order valence-corrected chi connectivity index (χ3v) is 3.26. The molecule has 0 spiro atoms. The molecule has 3 nitrogen and oxygen atoms in total. The van der Waals surface area contributed by atoms with Crippen molar-refractivity contribution < 1.29 is 22.8 Å². The maximum atomic E-state index is 11.7. The summed E-state index contributed by atoms with van der Waals surface area (Å²) in [5.74, 6) is 0.404. The monoisotopic (exact) mass is 243 g/mol. The number of nitrogens with one attached hydrogen (secondary N) is 1. The minimum absolute atomic E-state index is 0.271. The van der Waals surface area contributed by atoms with Gasteiger partial charge >= 0.3 is 6.18 Å².